The van der Waals surface area contributed by atoms with E-state index in [1.54, 1.807) is 20.0 Å². The lowest BCUT2D eigenvalue weighted by molar-refractivity contribution is -0.385. The first-order valence-corrected chi connectivity index (χ1v) is 6.38. The Morgan fingerprint density at radius 1 is 1.63 bits per heavy atom. The van der Waals surface area contributed by atoms with Crippen molar-refractivity contribution in [2.45, 2.75) is 18.9 Å². The van der Waals surface area contributed by atoms with Gasteiger partial charge in [0.2, 0.25) is 0 Å². The third kappa shape index (κ3) is 4.19. The van der Waals surface area contributed by atoms with Crippen LogP contribution in [0.25, 0.3) is 0 Å². The first kappa shape index (κ1) is 15.4. The Bertz CT molecular complexity index is 515. The van der Waals surface area contributed by atoms with Crippen LogP contribution >= 0.6 is 15.9 Å². The SMILES string of the molecule is CNC(C)(C#N)CCOc1ccc(Br)cc1[N+](=O)[O-]. The molecule has 102 valence electrons. The van der Waals surface area contributed by atoms with Gasteiger partial charge in [-0.15, -0.1) is 0 Å². The normalized spacial score (nSPS) is 13.4. The molecular formula is C12H14BrN3O3. The fourth-order valence-corrected chi connectivity index (χ4v) is 1.71. The van der Waals surface area contributed by atoms with Crippen molar-refractivity contribution in [2.24, 2.45) is 0 Å². The minimum absolute atomic E-state index is 0.0995. The predicted molar refractivity (Wildman–Crippen MR) is 74.0 cm³/mol. The maximum absolute atomic E-state index is 10.9. The molecule has 0 aliphatic heterocycles. The van der Waals surface area contributed by atoms with Crippen molar-refractivity contribution >= 4 is 21.6 Å². The first-order chi connectivity index (χ1) is 8.91. The van der Waals surface area contributed by atoms with E-state index in [-0.39, 0.29) is 18.0 Å². The number of nitrogens with one attached hydrogen (secondary N) is 1. The molecule has 1 N–H and O–H groups in total. The van der Waals surface area contributed by atoms with Crippen molar-refractivity contribution in [3.8, 4) is 11.8 Å². The van der Waals surface area contributed by atoms with E-state index >= 15 is 0 Å². The van der Waals surface area contributed by atoms with E-state index < -0.39 is 10.5 Å². The molecule has 1 atom stereocenters. The molecule has 7 heteroatoms. The second-order valence-corrected chi connectivity index (χ2v) is 5.08. The molecule has 0 saturated carbocycles. The van der Waals surface area contributed by atoms with E-state index in [9.17, 15) is 10.1 Å². The highest BCUT2D eigenvalue weighted by Gasteiger charge is 2.22. The number of benzene rings is 1. The van der Waals surface area contributed by atoms with Crippen molar-refractivity contribution in [3.63, 3.8) is 0 Å². The molecule has 0 radical (unpaired) electrons. The molecule has 0 amide bonds. The molecule has 19 heavy (non-hydrogen) atoms. The highest BCUT2D eigenvalue weighted by atomic mass is 79.9. The third-order valence-electron chi connectivity index (χ3n) is 2.78. The summed E-state index contributed by atoms with van der Waals surface area (Å²) in [6.07, 6.45) is 0.424. The minimum Gasteiger partial charge on any atom is -0.487 e. The van der Waals surface area contributed by atoms with E-state index in [0.29, 0.717) is 10.9 Å². The Labute approximate surface area is 119 Å². The topological polar surface area (TPSA) is 88.2 Å². The Kier molecular flexibility index (Phi) is 5.27. The zero-order chi connectivity index (χ0) is 14.5. The summed E-state index contributed by atoms with van der Waals surface area (Å²) in [7, 11) is 1.69. The largest absolute Gasteiger partial charge is 0.487 e. The van der Waals surface area contributed by atoms with Gasteiger partial charge in [0.25, 0.3) is 0 Å². The minimum atomic E-state index is -0.704. The Morgan fingerprint density at radius 3 is 2.84 bits per heavy atom. The molecule has 1 unspecified atom stereocenters. The molecule has 6 nitrogen and oxygen atoms in total. The summed E-state index contributed by atoms with van der Waals surface area (Å²) in [5, 5.41) is 22.7. The molecule has 1 rings (SSSR count). The molecule has 1 aromatic rings. The summed E-state index contributed by atoms with van der Waals surface area (Å²) in [6, 6.07) is 6.72. The highest BCUT2D eigenvalue weighted by molar-refractivity contribution is 9.10. The highest BCUT2D eigenvalue weighted by Crippen LogP contribution is 2.30. The number of halogens is 1. The molecule has 0 heterocycles. The lowest BCUT2D eigenvalue weighted by atomic mass is 10.0. The molecule has 0 aliphatic carbocycles. The van der Waals surface area contributed by atoms with Gasteiger partial charge in [0.1, 0.15) is 5.54 Å². The Hall–Kier alpha value is -1.65. The summed E-state index contributed by atoms with van der Waals surface area (Å²) in [5.74, 6) is 0.199. The van der Waals surface area contributed by atoms with Crippen molar-refractivity contribution < 1.29 is 9.66 Å². The van der Waals surface area contributed by atoms with E-state index in [4.69, 9.17) is 10.00 Å². The van der Waals surface area contributed by atoms with Crippen LogP contribution in [0, 0.1) is 21.4 Å². The summed E-state index contributed by atoms with van der Waals surface area (Å²) in [5.41, 5.74) is -0.804. The number of ether oxygens (including phenoxy) is 1. The molecule has 0 aromatic heterocycles. The fraction of sp³-hybridized carbons (Fsp3) is 0.417. The lowest BCUT2D eigenvalue weighted by Gasteiger charge is -2.20. The van der Waals surface area contributed by atoms with Crippen LogP contribution in [-0.2, 0) is 0 Å². The molecular weight excluding hydrogens is 314 g/mol. The van der Waals surface area contributed by atoms with Gasteiger partial charge in [-0.1, -0.05) is 15.9 Å². The van der Waals surface area contributed by atoms with Gasteiger partial charge in [-0.05, 0) is 26.1 Å². The van der Waals surface area contributed by atoms with Crippen molar-refractivity contribution in [2.75, 3.05) is 13.7 Å². The van der Waals surface area contributed by atoms with Gasteiger partial charge < -0.3 is 10.1 Å². The summed E-state index contributed by atoms with van der Waals surface area (Å²) < 4.78 is 6.01. The summed E-state index contributed by atoms with van der Waals surface area (Å²) in [6.45, 7) is 1.96. The summed E-state index contributed by atoms with van der Waals surface area (Å²) in [4.78, 5) is 10.4. The average Bonchev–Trinajstić information content (AvgIpc) is 2.40. The molecule has 0 aliphatic rings. The summed E-state index contributed by atoms with van der Waals surface area (Å²) >= 11 is 3.17. The van der Waals surface area contributed by atoms with Crippen LogP contribution in [0.2, 0.25) is 0 Å². The first-order valence-electron chi connectivity index (χ1n) is 5.59. The predicted octanol–water partition coefficient (Wildman–Crippen LogP) is 2.63. The quantitative estimate of drug-likeness (QED) is 0.640. The van der Waals surface area contributed by atoms with Crippen molar-refractivity contribution in [1.29, 1.82) is 5.26 Å². The second kappa shape index (κ2) is 6.50. The van der Waals surface area contributed by atoms with Crippen LogP contribution in [0.3, 0.4) is 0 Å². The van der Waals surface area contributed by atoms with Crippen LogP contribution in [0.4, 0.5) is 5.69 Å². The van der Waals surface area contributed by atoms with Crippen LogP contribution in [0.1, 0.15) is 13.3 Å². The van der Waals surface area contributed by atoms with E-state index in [1.165, 1.54) is 12.1 Å². The van der Waals surface area contributed by atoms with Crippen LogP contribution in [-0.4, -0.2) is 24.1 Å². The Morgan fingerprint density at radius 2 is 2.32 bits per heavy atom. The van der Waals surface area contributed by atoms with Gasteiger partial charge in [-0.25, -0.2) is 0 Å². The van der Waals surface area contributed by atoms with Gasteiger partial charge >= 0.3 is 5.69 Å². The zero-order valence-electron chi connectivity index (χ0n) is 10.6. The lowest BCUT2D eigenvalue weighted by Crippen LogP contribution is -2.39. The molecule has 0 fully saturated rings. The standard InChI is InChI=1S/C12H14BrN3O3/c1-12(8-14,15-2)5-6-19-11-4-3-9(13)7-10(11)16(17)18/h3-4,7,15H,5-6H2,1-2H3. The number of hydrogen-bond donors (Lipinski definition) is 1. The van der Waals surface area contributed by atoms with Gasteiger partial charge in [-0.3, -0.25) is 10.1 Å². The number of nitro groups is 1. The molecule has 0 bridgehead atoms. The number of nitro benzene ring substituents is 1. The number of rotatable bonds is 6. The van der Waals surface area contributed by atoms with E-state index in [0.717, 1.165) is 0 Å². The second-order valence-electron chi connectivity index (χ2n) is 4.16. The van der Waals surface area contributed by atoms with Gasteiger partial charge in [-0.2, -0.15) is 5.26 Å². The van der Waals surface area contributed by atoms with Crippen molar-refractivity contribution in [1.82, 2.24) is 5.32 Å². The zero-order valence-corrected chi connectivity index (χ0v) is 12.2. The number of nitriles is 1. The maximum atomic E-state index is 10.9. The maximum Gasteiger partial charge on any atom is 0.312 e. The monoisotopic (exact) mass is 327 g/mol. The smallest absolute Gasteiger partial charge is 0.312 e. The van der Waals surface area contributed by atoms with Gasteiger partial charge in [0.15, 0.2) is 5.75 Å². The van der Waals surface area contributed by atoms with Gasteiger partial charge in [0, 0.05) is 17.0 Å². The molecule has 0 spiro atoms. The number of nitrogens with zero attached hydrogens (tertiary/aromatic N) is 2. The van der Waals surface area contributed by atoms with Crippen molar-refractivity contribution in [3.05, 3.63) is 32.8 Å². The molecule has 1 aromatic carbocycles. The Balaban J connectivity index is 2.74. The average molecular weight is 328 g/mol. The van der Waals surface area contributed by atoms with Crippen LogP contribution < -0.4 is 10.1 Å². The number of hydrogen-bond acceptors (Lipinski definition) is 5. The van der Waals surface area contributed by atoms with Gasteiger partial charge in [0.05, 0.1) is 17.6 Å². The van der Waals surface area contributed by atoms with Crippen LogP contribution in [0.15, 0.2) is 22.7 Å². The van der Waals surface area contributed by atoms with E-state index in [1.807, 2.05) is 0 Å². The molecule has 0 saturated heterocycles. The van der Waals surface area contributed by atoms with Crippen LogP contribution in [0.5, 0.6) is 5.75 Å². The fourth-order valence-electron chi connectivity index (χ4n) is 1.36. The van der Waals surface area contributed by atoms with E-state index in [2.05, 4.69) is 27.3 Å². The third-order valence-corrected chi connectivity index (χ3v) is 3.27.